The van der Waals surface area contributed by atoms with E-state index in [9.17, 15) is 9.90 Å². The Bertz CT molecular complexity index is 531. The predicted octanol–water partition coefficient (Wildman–Crippen LogP) is 1.09. The summed E-state index contributed by atoms with van der Waals surface area (Å²) in [5, 5.41) is 15.6. The van der Waals surface area contributed by atoms with Crippen molar-refractivity contribution < 1.29 is 14.6 Å². The molecule has 1 amide bonds. The number of benzene rings is 1. The van der Waals surface area contributed by atoms with Crippen LogP contribution in [0, 0.1) is 0 Å². The number of hydrogen-bond acceptors (Lipinski definition) is 5. The molecule has 0 saturated carbocycles. The summed E-state index contributed by atoms with van der Waals surface area (Å²) in [5.74, 6) is -0.0573. The molecular formula is C18H29Cl2N3O3. The maximum absolute atomic E-state index is 12.0. The van der Waals surface area contributed by atoms with Crippen molar-refractivity contribution in [1.29, 1.82) is 0 Å². The maximum Gasteiger partial charge on any atom is 0.250 e. The molecular weight excluding hydrogens is 377 g/mol. The second-order valence-corrected chi connectivity index (χ2v) is 6.61. The molecule has 0 aliphatic carbocycles. The number of likely N-dealkylation sites (tertiary alicyclic amines) is 1. The monoisotopic (exact) mass is 405 g/mol. The van der Waals surface area contributed by atoms with Crippen molar-refractivity contribution >= 4 is 30.7 Å². The van der Waals surface area contributed by atoms with Gasteiger partial charge in [0.1, 0.15) is 6.10 Å². The highest BCUT2D eigenvalue weighted by Gasteiger charge is 2.21. The number of morpholine rings is 1. The summed E-state index contributed by atoms with van der Waals surface area (Å²) in [6.45, 7) is 5.31. The van der Waals surface area contributed by atoms with Crippen molar-refractivity contribution in [2.75, 3.05) is 32.8 Å². The summed E-state index contributed by atoms with van der Waals surface area (Å²) >= 11 is 0. The number of carbonyl (C=O) groups is 1. The minimum atomic E-state index is -0.382. The molecule has 2 saturated heterocycles. The fourth-order valence-corrected chi connectivity index (χ4v) is 3.14. The van der Waals surface area contributed by atoms with Crippen molar-refractivity contribution in [3.8, 4) is 0 Å². The zero-order valence-electron chi connectivity index (χ0n) is 14.9. The molecule has 0 unspecified atom stereocenters. The van der Waals surface area contributed by atoms with E-state index in [1.807, 2.05) is 0 Å². The molecule has 0 spiro atoms. The SMILES string of the molecule is Cl.Cl.O=C(NCc1ccc(CN2CCC(O)CC2)cc1)[C@H]1CNCCO1. The highest BCUT2D eigenvalue weighted by molar-refractivity contribution is 5.85. The van der Waals surface area contributed by atoms with Gasteiger partial charge in [-0.2, -0.15) is 0 Å². The maximum atomic E-state index is 12.0. The van der Waals surface area contributed by atoms with E-state index in [1.54, 1.807) is 0 Å². The molecule has 2 fully saturated rings. The van der Waals surface area contributed by atoms with Crippen LogP contribution in [-0.2, 0) is 22.6 Å². The Balaban J connectivity index is 0.00000169. The van der Waals surface area contributed by atoms with Gasteiger partial charge in [0, 0.05) is 39.3 Å². The van der Waals surface area contributed by atoms with Crippen molar-refractivity contribution in [2.24, 2.45) is 0 Å². The number of aliphatic hydroxyl groups excluding tert-OH is 1. The highest BCUT2D eigenvalue weighted by atomic mass is 35.5. The van der Waals surface area contributed by atoms with E-state index in [0.717, 1.165) is 44.6 Å². The van der Waals surface area contributed by atoms with Crippen LogP contribution in [0.3, 0.4) is 0 Å². The Morgan fingerprint density at radius 2 is 1.85 bits per heavy atom. The number of piperidine rings is 1. The summed E-state index contributed by atoms with van der Waals surface area (Å²) in [6, 6.07) is 8.36. The number of rotatable bonds is 5. The molecule has 0 radical (unpaired) electrons. The van der Waals surface area contributed by atoms with Gasteiger partial charge in [0.15, 0.2) is 0 Å². The molecule has 2 heterocycles. The molecule has 0 bridgehead atoms. The number of carbonyl (C=O) groups excluding carboxylic acids is 1. The summed E-state index contributed by atoms with van der Waals surface area (Å²) in [5.41, 5.74) is 2.35. The summed E-state index contributed by atoms with van der Waals surface area (Å²) < 4.78 is 5.44. The number of nitrogens with one attached hydrogen (secondary N) is 2. The zero-order chi connectivity index (χ0) is 16.8. The van der Waals surface area contributed by atoms with E-state index in [1.165, 1.54) is 5.56 Å². The second kappa shape index (κ2) is 11.7. The Kier molecular flexibility index (Phi) is 10.5. The predicted molar refractivity (Wildman–Crippen MR) is 106 cm³/mol. The van der Waals surface area contributed by atoms with Crippen molar-refractivity contribution in [1.82, 2.24) is 15.5 Å². The number of amides is 1. The van der Waals surface area contributed by atoms with E-state index < -0.39 is 0 Å². The first kappa shape index (κ1) is 23.1. The molecule has 8 heteroatoms. The summed E-state index contributed by atoms with van der Waals surface area (Å²) in [7, 11) is 0. The van der Waals surface area contributed by atoms with Crippen LogP contribution in [0.1, 0.15) is 24.0 Å². The molecule has 2 aliphatic rings. The molecule has 0 aromatic heterocycles. The Hall–Kier alpha value is -0.890. The summed E-state index contributed by atoms with van der Waals surface area (Å²) in [4.78, 5) is 14.4. The van der Waals surface area contributed by atoms with Crippen LogP contribution in [0.4, 0.5) is 0 Å². The molecule has 3 rings (SSSR count). The Morgan fingerprint density at radius 3 is 2.46 bits per heavy atom. The number of nitrogens with zero attached hydrogens (tertiary/aromatic N) is 1. The third-order valence-corrected chi connectivity index (χ3v) is 4.67. The standard InChI is InChI=1S/C18H27N3O3.2ClH/c22-16-5-8-21(9-6-16)13-15-3-1-14(2-4-15)11-20-18(23)17-12-19-7-10-24-17;;/h1-4,16-17,19,22H,5-13H2,(H,20,23);2*1H/t17-;;/m1../s1. The highest BCUT2D eigenvalue weighted by Crippen LogP contribution is 2.14. The van der Waals surface area contributed by atoms with Gasteiger partial charge in [-0.05, 0) is 24.0 Å². The molecule has 26 heavy (non-hydrogen) atoms. The van der Waals surface area contributed by atoms with Gasteiger partial charge in [-0.1, -0.05) is 24.3 Å². The molecule has 6 nitrogen and oxygen atoms in total. The largest absolute Gasteiger partial charge is 0.393 e. The van der Waals surface area contributed by atoms with Gasteiger partial charge < -0.3 is 20.5 Å². The zero-order valence-corrected chi connectivity index (χ0v) is 16.5. The molecule has 1 atom stereocenters. The summed E-state index contributed by atoms with van der Waals surface area (Å²) in [6.07, 6.45) is 1.22. The lowest BCUT2D eigenvalue weighted by molar-refractivity contribution is -0.134. The third kappa shape index (κ3) is 7.02. The van der Waals surface area contributed by atoms with Gasteiger partial charge in [-0.15, -0.1) is 24.8 Å². The fourth-order valence-electron chi connectivity index (χ4n) is 3.14. The van der Waals surface area contributed by atoms with Crippen molar-refractivity contribution in [3.63, 3.8) is 0 Å². The first-order valence-electron chi connectivity index (χ1n) is 8.79. The average molecular weight is 406 g/mol. The molecule has 3 N–H and O–H groups in total. The molecule has 1 aromatic carbocycles. The van der Waals surface area contributed by atoms with Crippen LogP contribution < -0.4 is 10.6 Å². The minimum Gasteiger partial charge on any atom is -0.393 e. The van der Waals surface area contributed by atoms with Crippen LogP contribution in [0.2, 0.25) is 0 Å². The number of halogens is 2. The number of ether oxygens (including phenoxy) is 1. The smallest absolute Gasteiger partial charge is 0.250 e. The van der Waals surface area contributed by atoms with E-state index in [-0.39, 0.29) is 42.9 Å². The first-order valence-corrected chi connectivity index (χ1v) is 8.79. The number of aliphatic hydroxyl groups is 1. The fraction of sp³-hybridized carbons (Fsp3) is 0.611. The van der Waals surface area contributed by atoms with Gasteiger partial charge in [-0.3, -0.25) is 9.69 Å². The van der Waals surface area contributed by atoms with Crippen LogP contribution in [-0.4, -0.2) is 60.9 Å². The third-order valence-electron chi connectivity index (χ3n) is 4.67. The van der Waals surface area contributed by atoms with Gasteiger partial charge >= 0.3 is 0 Å². The van der Waals surface area contributed by atoms with Gasteiger partial charge in [0.25, 0.3) is 5.91 Å². The molecule has 1 aromatic rings. The minimum absolute atomic E-state index is 0. The van der Waals surface area contributed by atoms with Crippen LogP contribution in [0.25, 0.3) is 0 Å². The number of hydrogen-bond donors (Lipinski definition) is 3. The van der Waals surface area contributed by atoms with Crippen LogP contribution >= 0.6 is 24.8 Å². The van der Waals surface area contributed by atoms with E-state index in [0.29, 0.717) is 19.7 Å². The van der Waals surface area contributed by atoms with Crippen molar-refractivity contribution in [2.45, 2.75) is 38.1 Å². The van der Waals surface area contributed by atoms with Gasteiger partial charge in [0.2, 0.25) is 0 Å². The van der Waals surface area contributed by atoms with E-state index >= 15 is 0 Å². The van der Waals surface area contributed by atoms with Crippen LogP contribution in [0.5, 0.6) is 0 Å². The topological polar surface area (TPSA) is 73.8 Å². The Morgan fingerprint density at radius 1 is 1.19 bits per heavy atom. The normalized spacial score (nSPS) is 21.3. The lowest BCUT2D eigenvalue weighted by atomic mass is 10.1. The van der Waals surface area contributed by atoms with E-state index in [4.69, 9.17) is 4.74 Å². The molecule has 148 valence electrons. The molecule has 2 aliphatic heterocycles. The average Bonchev–Trinajstić information content (AvgIpc) is 2.63. The lowest BCUT2D eigenvalue weighted by Crippen LogP contribution is -2.47. The van der Waals surface area contributed by atoms with Gasteiger partial charge in [0.05, 0.1) is 12.7 Å². The van der Waals surface area contributed by atoms with E-state index in [2.05, 4.69) is 39.8 Å². The van der Waals surface area contributed by atoms with Crippen LogP contribution in [0.15, 0.2) is 24.3 Å². The van der Waals surface area contributed by atoms with Gasteiger partial charge in [-0.25, -0.2) is 0 Å². The Labute approximate surface area is 167 Å². The second-order valence-electron chi connectivity index (χ2n) is 6.61. The quantitative estimate of drug-likeness (QED) is 0.683. The lowest BCUT2D eigenvalue weighted by Gasteiger charge is -2.29. The first-order chi connectivity index (χ1) is 11.7. The van der Waals surface area contributed by atoms with Crippen molar-refractivity contribution in [3.05, 3.63) is 35.4 Å².